The molecule has 1 atom stereocenters. The number of hydrogen-bond donors (Lipinski definition) is 2. The van der Waals surface area contributed by atoms with E-state index in [1.165, 1.54) is 6.07 Å². The third-order valence-electron chi connectivity index (χ3n) is 6.04. The van der Waals surface area contributed by atoms with E-state index in [2.05, 4.69) is 10.0 Å². The number of carbonyl (C=O) groups excluding carboxylic acids is 1. The molecule has 0 aromatic heterocycles. The average molecular weight is 485 g/mol. The SMILES string of the molecule is Cc1ccccc1NS(=O)(=O)c1cc(C(=O)NC(c2ccccc2)c2ccccc2C)ccc1C. The molecule has 2 N–H and O–H groups in total. The summed E-state index contributed by atoms with van der Waals surface area (Å²) in [4.78, 5) is 13.5. The molecule has 5 nitrogen and oxygen atoms in total. The van der Waals surface area contributed by atoms with Crippen LogP contribution in [0, 0.1) is 20.8 Å². The van der Waals surface area contributed by atoms with E-state index in [0.29, 0.717) is 11.3 Å². The number of aryl methyl sites for hydroxylation is 3. The van der Waals surface area contributed by atoms with Crippen LogP contribution >= 0.6 is 0 Å². The molecule has 0 bridgehead atoms. The molecule has 0 saturated carbocycles. The normalized spacial score (nSPS) is 12.1. The van der Waals surface area contributed by atoms with Crippen LogP contribution in [-0.2, 0) is 10.0 Å². The third kappa shape index (κ3) is 5.44. The Morgan fingerprint density at radius 3 is 2.03 bits per heavy atom. The smallest absolute Gasteiger partial charge is 0.262 e. The minimum atomic E-state index is -3.89. The van der Waals surface area contributed by atoms with Crippen LogP contribution in [-0.4, -0.2) is 14.3 Å². The fourth-order valence-corrected chi connectivity index (χ4v) is 5.43. The predicted octanol–water partition coefficient (Wildman–Crippen LogP) is 5.93. The van der Waals surface area contributed by atoms with Crippen molar-refractivity contribution in [3.8, 4) is 0 Å². The third-order valence-corrected chi connectivity index (χ3v) is 7.54. The van der Waals surface area contributed by atoms with E-state index in [1.807, 2.05) is 80.6 Å². The summed E-state index contributed by atoms with van der Waals surface area (Å²) >= 11 is 0. The maximum atomic E-state index is 13.4. The van der Waals surface area contributed by atoms with E-state index < -0.39 is 10.0 Å². The highest BCUT2D eigenvalue weighted by molar-refractivity contribution is 7.92. The summed E-state index contributed by atoms with van der Waals surface area (Å²) in [6.45, 7) is 5.56. The molecule has 4 aromatic rings. The number of para-hydroxylation sites is 1. The first-order valence-corrected chi connectivity index (χ1v) is 12.8. The van der Waals surface area contributed by atoms with Crippen molar-refractivity contribution < 1.29 is 13.2 Å². The minimum Gasteiger partial charge on any atom is -0.341 e. The first kappa shape index (κ1) is 24.2. The number of anilines is 1. The van der Waals surface area contributed by atoms with Crippen LogP contribution in [0.1, 0.15) is 44.2 Å². The van der Waals surface area contributed by atoms with Crippen LogP contribution < -0.4 is 10.0 Å². The molecule has 0 aliphatic carbocycles. The van der Waals surface area contributed by atoms with Crippen LogP contribution in [0.2, 0.25) is 0 Å². The standard InChI is InChI=1S/C29H28N2O3S/c1-20-11-7-9-15-25(20)28(23-13-5-4-6-14-23)30-29(32)24-18-17-22(3)27(19-24)35(33,34)31-26-16-10-8-12-21(26)2/h4-19,28,31H,1-3H3,(H,30,32). The Hall–Kier alpha value is -3.90. The van der Waals surface area contributed by atoms with Gasteiger partial charge in [0.15, 0.2) is 0 Å². The van der Waals surface area contributed by atoms with Gasteiger partial charge in [0.1, 0.15) is 0 Å². The molecule has 0 fully saturated rings. The molecule has 0 saturated heterocycles. The van der Waals surface area contributed by atoms with Crippen molar-refractivity contribution in [2.45, 2.75) is 31.7 Å². The fraction of sp³-hybridized carbons (Fsp3) is 0.138. The van der Waals surface area contributed by atoms with Crippen LogP contribution in [0.3, 0.4) is 0 Å². The van der Waals surface area contributed by atoms with Gasteiger partial charge in [0.25, 0.3) is 15.9 Å². The van der Waals surface area contributed by atoms with Gasteiger partial charge in [0, 0.05) is 5.56 Å². The summed E-state index contributed by atoms with van der Waals surface area (Å²) in [6.07, 6.45) is 0. The van der Waals surface area contributed by atoms with Gasteiger partial charge in [-0.2, -0.15) is 0 Å². The Labute approximate surface area is 206 Å². The van der Waals surface area contributed by atoms with E-state index in [9.17, 15) is 13.2 Å². The lowest BCUT2D eigenvalue weighted by molar-refractivity contribution is 0.0942. The lowest BCUT2D eigenvalue weighted by atomic mass is 9.94. The van der Waals surface area contributed by atoms with Gasteiger partial charge < -0.3 is 5.32 Å². The van der Waals surface area contributed by atoms with Gasteiger partial charge >= 0.3 is 0 Å². The molecular formula is C29H28N2O3S. The van der Waals surface area contributed by atoms with Gasteiger partial charge in [-0.1, -0.05) is 78.9 Å². The Kier molecular flexibility index (Phi) is 7.03. The number of nitrogens with one attached hydrogen (secondary N) is 2. The second-order valence-corrected chi connectivity index (χ2v) is 10.2. The Balaban J connectivity index is 1.67. The Morgan fingerprint density at radius 1 is 0.714 bits per heavy atom. The molecule has 0 radical (unpaired) electrons. The number of rotatable bonds is 7. The van der Waals surface area contributed by atoms with Crippen LogP contribution in [0.4, 0.5) is 5.69 Å². The Bertz CT molecular complexity index is 1460. The van der Waals surface area contributed by atoms with Crippen molar-refractivity contribution in [3.63, 3.8) is 0 Å². The number of sulfonamides is 1. The van der Waals surface area contributed by atoms with E-state index in [4.69, 9.17) is 0 Å². The molecular weight excluding hydrogens is 456 g/mol. The monoisotopic (exact) mass is 484 g/mol. The summed E-state index contributed by atoms with van der Waals surface area (Å²) in [5.74, 6) is -0.352. The second-order valence-electron chi connectivity index (χ2n) is 8.57. The average Bonchev–Trinajstić information content (AvgIpc) is 2.85. The van der Waals surface area contributed by atoms with E-state index >= 15 is 0 Å². The topological polar surface area (TPSA) is 75.3 Å². The van der Waals surface area contributed by atoms with Crippen LogP contribution in [0.5, 0.6) is 0 Å². The maximum absolute atomic E-state index is 13.4. The maximum Gasteiger partial charge on any atom is 0.262 e. The van der Waals surface area contributed by atoms with Gasteiger partial charge in [0.2, 0.25) is 0 Å². The van der Waals surface area contributed by atoms with Gasteiger partial charge in [-0.25, -0.2) is 8.42 Å². The number of amides is 1. The molecule has 1 unspecified atom stereocenters. The number of hydrogen-bond acceptors (Lipinski definition) is 3. The summed E-state index contributed by atoms with van der Waals surface area (Å²) in [5, 5.41) is 3.11. The molecule has 6 heteroatoms. The van der Waals surface area contributed by atoms with E-state index in [1.54, 1.807) is 31.2 Å². The van der Waals surface area contributed by atoms with Gasteiger partial charge in [-0.05, 0) is 66.8 Å². The molecule has 178 valence electrons. The highest BCUT2D eigenvalue weighted by Gasteiger charge is 2.23. The highest BCUT2D eigenvalue weighted by Crippen LogP contribution is 2.27. The Morgan fingerprint density at radius 2 is 1.34 bits per heavy atom. The first-order chi connectivity index (χ1) is 16.8. The zero-order valence-corrected chi connectivity index (χ0v) is 20.8. The molecule has 35 heavy (non-hydrogen) atoms. The van der Waals surface area contributed by atoms with Crippen molar-refractivity contribution in [3.05, 3.63) is 130 Å². The summed E-state index contributed by atoms with van der Waals surface area (Å²) in [6, 6.07) is 29.2. The van der Waals surface area contributed by atoms with Crippen molar-refractivity contribution in [2.75, 3.05) is 4.72 Å². The lowest BCUT2D eigenvalue weighted by Crippen LogP contribution is -2.30. The first-order valence-electron chi connectivity index (χ1n) is 11.4. The zero-order chi connectivity index (χ0) is 25.0. The van der Waals surface area contributed by atoms with Crippen molar-refractivity contribution in [1.29, 1.82) is 0 Å². The number of carbonyl (C=O) groups is 1. The fourth-order valence-electron chi connectivity index (χ4n) is 4.03. The van der Waals surface area contributed by atoms with Gasteiger partial charge in [0.05, 0.1) is 16.6 Å². The molecule has 4 aromatic carbocycles. The van der Waals surface area contributed by atoms with E-state index in [-0.39, 0.29) is 22.4 Å². The van der Waals surface area contributed by atoms with E-state index in [0.717, 1.165) is 22.3 Å². The van der Waals surface area contributed by atoms with Crippen molar-refractivity contribution >= 4 is 21.6 Å². The molecule has 0 spiro atoms. The molecule has 0 aliphatic heterocycles. The summed E-state index contributed by atoms with van der Waals surface area (Å²) in [5.41, 5.74) is 5.12. The van der Waals surface area contributed by atoms with Crippen LogP contribution in [0.25, 0.3) is 0 Å². The van der Waals surface area contributed by atoms with Crippen molar-refractivity contribution in [1.82, 2.24) is 5.32 Å². The lowest BCUT2D eigenvalue weighted by Gasteiger charge is -2.22. The summed E-state index contributed by atoms with van der Waals surface area (Å²) < 4.78 is 29.1. The predicted molar refractivity (Wildman–Crippen MR) is 140 cm³/mol. The van der Waals surface area contributed by atoms with Gasteiger partial charge in [-0.3, -0.25) is 9.52 Å². The second kappa shape index (κ2) is 10.2. The summed E-state index contributed by atoms with van der Waals surface area (Å²) in [7, 11) is -3.89. The molecule has 4 rings (SSSR count). The zero-order valence-electron chi connectivity index (χ0n) is 19.9. The van der Waals surface area contributed by atoms with Crippen molar-refractivity contribution in [2.24, 2.45) is 0 Å². The van der Waals surface area contributed by atoms with Gasteiger partial charge in [-0.15, -0.1) is 0 Å². The molecule has 0 heterocycles. The molecule has 1 amide bonds. The highest BCUT2D eigenvalue weighted by atomic mass is 32.2. The largest absolute Gasteiger partial charge is 0.341 e. The quantitative estimate of drug-likeness (QED) is 0.341. The number of benzene rings is 4. The molecule has 0 aliphatic rings. The minimum absolute atomic E-state index is 0.0700. The van der Waals surface area contributed by atoms with Crippen LogP contribution in [0.15, 0.2) is 102 Å².